The first-order valence-electron chi connectivity index (χ1n) is 8.92. The number of hydrazine groups is 1. The van der Waals surface area contributed by atoms with Crippen molar-refractivity contribution in [2.24, 2.45) is 0 Å². The lowest BCUT2D eigenvalue weighted by Gasteiger charge is -2.10. The molecule has 0 unspecified atom stereocenters. The predicted octanol–water partition coefficient (Wildman–Crippen LogP) is 2.95. The molecule has 0 aliphatic carbocycles. The van der Waals surface area contributed by atoms with Crippen molar-refractivity contribution in [2.45, 2.75) is 19.0 Å². The molecule has 0 radical (unpaired) electrons. The Labute approximate surface area is 176 Å². The van der Waals surface area contributed by atoms with Gasteiger partial charge in [0.2, 0.25) is 5.91 Å². The van der Waals surface area contributed by atoms with E-state index >= 15 is 0 Å². The van der Waals surface area contributed by atoms with Gasteiger partial charge in [-0.2, -0.15) is 0 Å². The molecule has 3 rings (SSSR count). The Balaban J connectivity index is 1.55. The quantitative estimate of drug-likeness (QED) is 0.356. The number of nitrogens with one attached hydrogen (secondary N) is 2. The molecule has 0 atom stereocenters. The SMILES string of the molecule is Cc1cc(C)cc(-n2ccnc2SCC(=O)NNC(=O)c2ccc([N+](=O)[O-])cc2)c1. The first-order chi connectivity index (χ1) is 14.3. The molecule has 1 aromatic heterocycles. The Morgan fingerprint density at radius 2 is 1.77 bits per heavy atom. The van der Waals surface area contributed by atoms with Crippen LogP contribution >= 0.6 is 11.8 Å². The number of hydrogen-bond acceptors (Lipinski definition) is 6. The highest BCUT2D eigenvalue weighted by Gasteiger charge is 2.12. The van der Waals surface area contributed by atoms with E-state index in [9.17, 15) is 19.7 Å². The van der Waals surface area contributed by atoms with Crippen LogP contribution in [0.2, 0.25) is 0 Å². The Bertz CT molecular complexity index is 1070. The summed E-state index contributed by atoms with van der Waals surface area (Å²) in [6, 6.07) is 11.2. The maximum atomic E-state index is 12.1. The number of non-ortho nitro benzene ring substituents is 1. The first kappa shape index (κ1) is 21.1. The minimum atomic E-state index is -0.569. The number of carbonyl (C=O) groups is 2. The molecule has 2 aromatic carbocycles. The lowest BCUT2D eigenvalue weighted by atomic mass is 10.1. The normalized spacial score (nSPS) is 10.5. The summed E-state index contributed by atoms with van der Waals surface area (Å²) in [6.45, 7) is 4.03. The minimum Gasteiger partial charge on any atom is -0.295 e. The summed E-state index contributed by atoms with van der Waals surface area (Å²) < 4.78 is 1.90. The van der Waals surface area contributed by atoms with Gasteiger partial charge in [-0.25, -0.2) is 4.98 Å². The van der Waals surface area contributed by atoms with E-state index in [2.05, 4.69) is 21.9 Å². The summed E-state index contributed by atoms with van der Waals surface area (Å²) in [5.74, 6) is -0.937. The van der Waals surface area contributed by atoms with E-state index in [1.54, 1.807) is 6.20 Å². The van der Waals surface area contributed by atoms with E-state index in [0.717, 1.165) is 16.8 Å². The number of imidazole rings is 1. The molecule has 1 heterocycles. The molecule has 3 aromatic rings. The third-order valence-electron chi connectivity index (χ3n) is 4.08. The molecule has 0 fully saturated rings. The molecular formula is C20H19N5O4S. The molecule has 0 aliphatic rings. The molecule has 0 bridgehead atoms. The average Bonchev–Trinajstić information content (AvgIpc) is 3.18. The van der Waals surface area contributed by atoms with Crippen molar-refractivity contribution in [1.82, 2.24) is 20.4 Å². The second kappa shape index (κ2) is 9.23. The maximum Gasteiger partial charge on any atom is 0.269 e. The molecule has 0 saturated carbocycles. The number of nitro benzene ring substituents is 1. The van der Waals surface area contributed by atoms with Crippen molar-refractivity contribution in [3.63, 3.8) is 0 Å². The Hall–Kier alpha value is -3.66. The number of aryl methyl sites for hydroxylation is 2. The highest BCUT2D eigenvalue weighted by Crippen LogP contribution is 2.22. The highest BCUT2D eigenvalue weighted by atomic mass is 32.2. The summed E-state index contributed by atoms with van der Waals surface area (Å²) in [5, 5.41) is 11.3. The van der Waals surface area contributed by atoms with Crippen molar-refractivity contribution in [3.05, 3.63) is 81.7 Å². The van der Waals surface area contributed by atoms with Crippen molar-refractivity contribution in [2.75, 3.05) is 5.75 Å². The molecule has 10 heteroatoms. The summed E-state index contributed by atoms with van der Waals surface area (Å²) in [7, 11) is 0. The molecule has 2 amide bonds. The molecule has 0 aliphatic heterocycles. The number of carbonyl (C=O) groups excluding carboxylic acids is 2. The third kappa shape index (κ3) is 5.23. The minimum absolute atomic E-state index is 0.0440. The van der Waals surface area contributed by atoms with Crippen molar-refractivity contribution < 1.29 is 14.5 Å². The van der Waals surface area contributed by atoms with Crippen molar-refractivity contribution in [1.29, 1.82) is 0 Å². The van der Waals surface area contributed by atoms with Crippen LogP contribution in [0.3, 0.4) is 0 Å². The van der Waals surface area contributed by atoms with Gasteiger partial charge in [0.1, 0.15) is 0 Å². The van der Waals surface area contributed by atoms with Gasteiger partial charge in [-0.3, -0.25) is 35.1 Å². The maximum absolute atomic E-state index is 12.1. The van der Waals surface area contributed by atoms with Gasteiger partial charge in [0, 0.05) is 35.8 Å². The van der Waals surface area contributed by atoms with Gasteiger partial charge < -0.3 is 0 Å². The zero-order valence-electron chi connectivity index (χ0n) is 16.3. The predicted molar refractivity (Wildman–Crippen MR) is 112 cm³/mol. The van der Waals surface area contributed by atoms with Crippen LogP contribution in [-0.2, 0) is 4.79 Å². The lowest BCUT2D eigenvalue weighted by Crippen LogP contribution is -2.42. The Kier molecular flexibility index (Phi) is 6.48. The zero-order chi connectivity index (χ0) is 21.7. The number of hydrogen-bond donors (Lipinski definition) is 2. The van der Waals surface area contributed by atoms with Gasteiger partial charge in [0.25, 0.3) is 11.6 Å². The second-order valence-electron chi connectivity index (χ2n) is 6.52. The van der Waals surface area contributed by atoms with E-state index in [0.29, 0.717) is 5.16 Å². The van der Waals surface area contributed by atoms with E-state index in [4.69, 9.17) is 0 Å². The van der Waals surface area contributed by atoms with Gasteiger partial charge >= 0.3 is 0 Å². The van der Waals surface area contributed by atoms with Crippen LogP contribution in [0.15, 0.2) is 60.0 Å². The van der Waals surface area contributed by atoms with Crippen molar-refractivity contribution in [3.8, 4) is 5.69 Å². The number of amides is 2. The first-order valence-corrected chi connectivity index (χ1v) is 9.90. The number of nitro groups is 1. The highest BCUT2D eigenvalue weighted by molar-refractivity contribution is 7.99. The van der Waals surface area contributed by atoms with Crippen LogP contribution < -0.4 is 10.9 Å². The molecular weight excluding hydrogens is 406 g/mol. The average molecular weight is 425 g/mol. The Morgan fingerprint density at radius 1 is 1.10 bits per heavy atom. The molecule has 9 nitrogen and oxygen atoms in total. The summed E-state index contributed by atoms with van der Waals surface area (Å²) in [4.78, 5) is 38.5. The zero-order valence-corrected chi connectivity index (χ0v) is 17.1. The monoisotopic (exact) mass is 425 g/mol. The molecule has 30 heavy (non-hydrogen) atoms. The van der Waals surface area contributed by atoms with Crippen LogP contribution in [0.25, 0.3) is 5.69 Å². The molecule has 154 valence electrons. The Morgan fingerprint density at radius 3 is 2.40 bits per heavy atom. The second-order valence-corrected chi connectivity index (χ2v) is 7.46. The van der Waals surface area contributed by atoms with Gasteiger partial charge in [0.05, 0.1) is 10.7 Å². The van der Waals surface area contributed by atoms with E-state index in [1.807, 2.05) is 36.7 Å². The summed E-state index contributed by atoms with van der Waals surface area (Å²) >= 11 is 1.23. The lowest BCUT2D eigenvalue weighted by molar-refractivity contribution is -0.384. The fourth-order valence-corrected chi connectivity index (χ4v) is 3.56. The van der Waals surface area contributed by atoms with Crippen LogP contribution in [0.5, 0.6) is 0 Å². The topological polar surface area (TPSA) is 119 Å². The number of thioether (sulfide) groups is 1. The number of rotatable bonds is 6. The van der Waals surface area contributed by atoms with Gasteiger partial charge in [-0.15, -0.1) is 0 Å². The van der Waals surface area contributed by atoms with Gasteiger partial charge in [0.15, 0.2) is 5.16 Å². The number of benzene rings is 2. The van der Waals surface area contributed by atoms with E-state index in [-0.39, 0.29) is 17.0 Å². The van der Waals surface area contributed by atoms with Crippen molar-refractivity contribution >= 4 is 29.3 Å². The van der Waals surface area contributed by atoms with Gasteiger partial charge in [-0.1, -0.05) is 17.8 Å². The standard InChI is InChI=1S/C20H19N5O4S/c1-13-9-14(2)11-17(10-13)24-8-7-21-20(24)30-12-18(26)22-23-19(27)15-3-5-16(6-4-15)25(28)29/h3-11H,12H2,1-2H3,(H,22,26)(H,23,27). The fraction of sp³-hybridized carbons (Fsp3) is 0.150. The molecule has 2 N–H and O–H groups in total. The van der Waals surface area contributed by atoms with Crippen LogP contribution in [0.4, 0.5) is 5.69 Å². The van der Waals surface area contributed by atoms with Crippen LogP contribution in [0.1, 0.15) is 21.5 Å². The van der Waals surface area contributed by atoms with E-state index in [1.165, 1.54) is 36.0 Å². The van der Waals surface area contributed by atoms with Crippen LogP contribution in [-0.4, -0.2) is 32.0 Å². The third-order valence-corrected chi connectivity index (χ3v) is 5.05. The number of aromatic nitrogens is 2. The van der Waals surface area contributed by atoms with Crippen LogP contribution in [0, 0.1) is 24.0 Å². The number of nitrogens with zero attached hydrogens (tertiary/aromatic N) is 3. The largest absolute Gasteiger partial charge is 0.295 e. The summed E-state index contributed by atoms with van der Waals surface area (Å²) in [5.41, 5.74) is 7.90. The fourth-order valence-electron chi connectivity index (χ4n) is 2.78. The summed E-state index contributed by atoms with van der Waals surface area (Å²) in [6.07, 6.45) is 3.49. The molecule has 0 spiro atoms. The molecule has 0 saturated heterocycles. The van der Waals surface area contributed by atoms with Gasteiger partial charge in [-0.05, 0) is 49.2 Å². The smallest absolute Gasteiger partial charge is 0.269 e. The van der Waals surface area contributed by atoms with E-state index < -0.39 is 16.7 Å².